The van der Waals surface area contributed by atoms with E-state index in [9.17, 15) is 0 Å². The Kier molecular flexibility index (Phi) is 0.898. The van der Waals surface area contributed by atoms with Crippen LogP contribution in [0.3, 0.4) is 0 Å². The molecule has 0 N–H and O–H groups in total. The third kappa shape index (κ3) is 0.492. The van der Waals surface area contributed by atoms with Crippen molar-refractivity contribution in [2.45, 2.75) is 25.7 Å². The van der Waals surface area contributed by atoms with E-state index in [2.05, 4.69) is 12.2 Å². The maximum atomic E-state index is 2.49. The number of hydrogen-bond acceptors (Lipinski definition) is 0. The molecule has 0 aromatic carbocycles. The van der Waals surface area contributed by atoms with E-state index in [0.29, 0.717) is 0 Å². The lowest BCUT2D eigenvalue weighted by molar-refractivity contribution is 0.285. The van der Waals surface area contributed by atoms with Crippen molar-refractivity contribution in [1.29, 1.82) is 0 Å². The maximum Gasteiger partial charge on any atom is -0.0171 e. The van der Waals surface area contributed by atoms with Gasteiger partial charge in [0.05, 0.1) is 0 Å². The molecular formula is C10H14. The summed E-state index contributed by atoms with van der Waals surface area (Å²) >= 11 is 0. The van der Waals surface area contributed by atoms with Crippen LogP contribution in [0.2, 0.25) is 0 Å². The summed E-state index contributed by atoms with van der Waals surface area (Å²) < 4.78 is 0. The molecule has 2 bridgehead atoms. The second kappa shape index (κ2) is 1.66. The molecule has 0 amide bonds. The van der Waals surface area contributed by atoms with E-state index >= 15 is 0 Å². The van der Waals surface area contributed by atoms with Crippen LogP contribution in [0.5, 0.6) is 0 Å². The summed E-state index contributed by atoms with van der Waals surface area (Å²) in [6.07, 6.45) is 11.0. The van der Waals surface area contributed by atoms with Crippen LogP contribution in [-0.2, 0) is 0 Å². The molecule has 3 rings (SSSR count). The Morgan fingerprint density at radius 1 is 1.10 bits per heavy atom. The molecule has 0 unspecified atom stereocenters. The van der Waals surface area contributed by atoms with Gasteiger partial charge in [0.1, 0.15) is 0 Å². The fourth-order valence-electron chi connectivity index (χ4n) is 3.50. The van der Waals surface area contributed by atoms with Crippen molar-refractivity contribution in [3.05, 3.63) is 12.2 Å². The topological polar surface area (TPSA) is 0 Å². The molecule has 0 radical (unpaired) electrons. The Morgan fingerprint density at radius 2 is 2.00 bits per heavy atom. The summed E-state index contributed by atoms with van der Waals surface area (Å²) in [7, 11) is 0. The Balaban J connectivity index is 1.97. The van der Waals surface area contributed by atoms with Crippen LogP contribution < -0.4 is 0 Å². The molecule has 0 heterocycles. The van der Waals surface area contributed by atoms with Crippen LogP contribution in [0.25, 0.3) is 0 Å². The Hall–Kier alpha value is -0.260. The van der Waals surface area contributed by atoms with Crippen LogP contribution in [0, 0.1) is 23.7 Å². The predicted octanol–water partition coefficient (Wildman–Crippen LogP) is 2.61. The molecule has 0 aromatic rings. The first-order valence-electron chi connectivity index (χ1n) is 4.62. The summed E-state index contributed by atoms with van der Waals surface area (Å²) in [5, 5.41) is 0. The quantitative estimate of drug-likeness (QED) is 0.447. The van der Waals surface area contributed by atoms with E-state index in [1.54, 1.807) is 12.8 Å². The van der Waals surface area contributed by atoms with Gasteiger partial charge in [-0.05, 0) is 49.4 Å². The van der Waals surface area contributed by atoms with Crippen LogP contribution in [0.1, 0.15) is 25.7 Å². The minimum atomic E-state index is 1.03. The monoisotopic (exact) mass is 134 g/mol. The molecular weight excluding hydrogens is 120 g/mol. The maximum absolute atomic E-state index is 2.49. The van der Waals surface area contributed by atoms with Gasteiger partial charge >= 0.3 is 0 Å². The lowest BCUT2D eigenvalue weighted by Gasteiger charge is -2.23. The molecule has 3 aliphatic carbocycles. The minimum absolute atomic E-state index is 1.03. The largest absolute Gasteiger partial charge is 0.0879 e. The molecule has 0 spiro atoms. The average molecular weight is 134 g/mol. The van der Waals surface area contributed by atoms with E-state index in [0.717, 1.165) is 23.7 Å². The normalized spacial score (nSPS) is 56.0. The molecule has 4 atom stereocenters. The molecule has 0 heteroatoms. The highest BCUT2D eigenvalue weighted by molar-refractivity contribution is 5.11. The zero-order valence-electron chi connectivity index (χ0n) is 6.29. The van der Waals surface area contributed by atoms with Crippen LogP contribution >= 0.6 is 0 Å². The summed E-state index contributed by atoms with van der Waals surface area (Å²) in [6.45, 7) is 0. The molecule has 0 nitrogen and oxygen atoms in total. The van der Waals surface area contributed by atoms with Gasteiger partial charge in [0.2, 0.25) is 0 Å². The molecule has 0 aliphatic heterocycles. The first-order valence-corrected chi connectivity index (χ1v) is 4.62. The highest BCUT2D eigenvalue weighted by Crippen LogP contribution is 2.56. The predicted molar refractivity (Wildman–Crippen MR) is 41.6 cm³/mol. The van der Waals surface area contributed by atoms with Crippen LogP contribution in [0.4, 0.5) is 0 Å². The van der Waals surface area contributed by atoms with Gasteiger partial charge in [-0.1, -0.05) is 12.2 Å². The summed E-state index contributed by atoms with van der Waals surface area (Å²) in [5.41, 5.74) is 0. The van der Waals surface area contributed by atoms with E-state index in [1.807, 2.05) is 0 Å². The lowest BCUT2D eigenvalue weighted by atomic mass is 9.82. The van der Waals surface area contributed by atoms with Crippen molar-refractivity contribution in [2.24, 2.45) is 23.7 Å². The van der Waals surface area contributed by atoms with Gasteiger partial charge < -0.3 is 0 Å². The Labute approximate surface area is 62.3 Å². The fourth-order valence-corrected chi connectivity index (χ4v) is 3.50. The van der Waals surface area contributed by atoms with E-state index in [-0.39, 0.29) is 0 Å². The third-order valence-corrected chi connectivity index (χ3v) is 3.92. The van der Waals surface area contributed by atoms with Gasteiger partial charge in [-0.2, -0.15) is 0 Å². The highest BCUT2D eigenvalue weighted by Gasteiger charge is 2.47. The minimum Gasteiger partial charge on any atom is -0.0879 e. The van der Waals surface area contributed by atoms with Gasteiger partial charge in [-0.25, -0.2) is 0 Å². The van der Waals surface area contributed by atoms with Gasteiger partial charge in [0.15, 0.2) is 0 Å². The molecule has 54 valence electrons. The molecule has 0 saturated heterocycles. The number of rotatable bonds is 0. The first-order chi connectivity index (χ1) is 4.95. The third-order valence-electron chi connectivity index (χ3n) is 3.92. The molecule has 0 aromatic heterocycles. The standard InChI is InChI=1S/C10H14/c1-2-9-7-4-5-8(6-7)10(9)3-1/h1-2,7-10H,3-6H2/t7-,8+,9+,10+/m0/s1. The highest BCUT2D eigenvalue weighted by atomic mass is 14.5. The number of allylic oxidation sites excluding steroid dienone is 2. The number of hydrogen-bond donors (Lipinski definition) is 0. The van der Waals surface area contributed by atoms with Crippen molar-refractivity contribution in [2.75, 3.05) is 0 Å². The summed E-state index contributed by atoms with van der Waals surface area (Å²) in [6, 6.07) is 0. The second-order valence-electron chi connectivity index (χ2n) is 4.24. The molecule has 3 aliphatic rings. The second-order valence-corrected chi connectivity index (χ2v) is 4.24. The van der Waals surface area contributed by atoms with E-state index in [1.165, 1.54) is 12.8 Å². The van der Waals surface area contributed by atoms with Gasteiger partial charge in [-0.15, -0.1) is 0 Å². The van der Waals surface area contributed by atoms with Crippen LogP contribution in [-0.4, -0.2) is 0 Å². The van der Waals surface area contributed by atoms with E-state index in [4.69, 9.17) is 0 Å². The van der Waals surface area contributed by atoms with Crippen LogP contribution in [0.15, 0.2) is 12.2 Å². The first kappa shape index (κ1) is 5.40. The SMILES string of the molecule is C1=C[C@@H]2[C@H]3CC[C@H](C3)[C@H]2C1. The van der Waals surface area contributed by atoms with Crippen molar-refractivity contribution in [1.82, 2.24) is 0 Å². The molecule has 2 fully saturated rings. The number of fused-ring (bicyclic) bond motifs is 5. The van der Waals surface area contributed by atoms with Crippen molar-refractivity contribution >= 4 is 0 Å². The average Bonchev–Trinajstić information content (AvgIpc) is 2.60. The molecule has 2 saturated carbocycles. The smallest absolute Gasteiger partial charge is 0.0171 e. The summed E-state index contributed by atoms with van der Waals surface area (Å²) in [4.78, 5) is 0. The lowest BCUT2D eigenvalue weighted by Crippen LogP contribution is -2.16. The van der Waals surface area contributed by atoms with E-state index < -0.39 is 0 Å². The van der Waals surface area contributed by atoms with Gasteiger partial charge in [0, 0.05) is 0 Å². The summed E-state index contributed by atoms with van der Waals surface area (Å²) in [5.74, 6) is 4.36. The molecule has 10 heavy (non-hydrogen) atoms. The van der Waals surface area contributed by atoms with Gasteiger partial charge in [0.25, 0.3) is 0 Å². The zero-order chi connectivity index (χ0) is 6.55. The van der Waals surface area contributed by atoms with Gasteiger partial charge in [-0.3, -0.25) is 0 Å². The zero-order valence-corrected chi connectivity index (χ0v) is 6.29. The fraction of sp³-hybridized carbons (Fsp3) is 0.800. The van der Waals surface area contributed by atoms with Crippen molar-refractivity contribution in [3.63, 3.8) is 0 Å². The van der Waals surface area contributed by atoms with Crippen molar-refractivity contribution in [3.8, 4) is 0 Å². The van der Waals surface area contributed by atoms with Crippen molar-refractivity contribution < 1.29 is 0 Å². The Morgan fingerprint density at radius 3 is 2.90 bits per heavy atom. The Bertz CT molecular complexity index is 180.